The number of carbonyl (C=O) groups is 1. The van der Waals surface area contributed by atoms with Crippen molar-refractivity contribution in [3.05, 3.63) is 150 Å². The molecule has 10 heteroatoms. The first kappa shape index (κ1) is 35.6. The molecule has 5 N–H and O–H groups in total. The predicted molar refractivity (Wildman–Crippen MR) is 196 cm³/mol. The maximum Gasteiger partial charge on any atom is 0.323 e. The molecule has 5 atom stereocenters. The molecule has 10 nitrogen and oxygen atoms in total. The van der Waals surface area contributed by atoms with E-state index in [1.165, 1.54) is 0 Å². The average molecular weight is 690 g/mol. The fraction of sp³-hybridized carbons (Fsp3) is 0.244. The van der Waals surface area contributed by atoms with Crippen LogP contribution in [0.4, 0.5) is 16.2 Å². The highest BCUT2D eigenvalue weighted by Gasteiger charge is 2.39. The molecular formula is C41H43N3O7. The lowest BCUT2D eigenvalue weighted by atomic mass is 9.90. The zero-order valence-corrected chi connectivity index (χ0v) is 28.6. The van der Waals surface area contributed by atoms with E-state index < -0.39 is 12.4 Å². The van der Waals surface area contributed by atoms with Gasteiger partial charge in [0.15, 0.2) is 6.29 Å². The number of anilines is 2. The molecule has 5 aromatic rings. The van der Waals surface area contributed by atoms with Crippen LogP contribution in [0, 0.1) is 5.92 Å². The molecule has 2 amide bonds. The average Bonchev–Trinajstić information content (AvgIpc) is 3.14. The van der Waals surface area contributed by atoms with E-state index >= 15 is 0 Å². The molecule has 264 valence electrons. The number of hydrogen-bond acceptors (Lipinski definition) is 8. The summed E-state index contributed by atoms with van der Waals surface area (Å²) in [6.07, 6.45) is -2.06. The van der Waals surface area contributed by atoms with E-state index in [9.17, 15) is 20.1 Å². The van der Waals surface area contributed by atoms with E-state index in [2.05, 4.69) is 17.6 Å². The van der Waals surface area contributed by atoms with Crippen LogP contribution in [-0.4, -0.2) is 52.5 Å². The van der Waals surface area contributed by atoms with Gasteiger partial charge in [-0.2, -0.15) is 0 Å². The number of phenols is 1. The summed E-state index contributed by atoms with van der Waals surface area (Å²) in [6, 6.07) is 37.9. The number of aliphatic hydroxyl groups excluding tert-OH is 2. The quantitative estimate of drug-likeness (QED) is 0.0898. The third-order valence-electron chi connectivity index (χ3n) is 8.89. The summed E-state index contributed by atoms with van der Waals surface area (Å²) in [7, 11) is 1.93. The number of rotatable bonds is 12. The Morgan fingerprint density at radius 3 is 2.08 bits per heavy atom. The normalized spacial score (nSPS) is 19.3. The van der Waals surface area contributed by atoms with Gasteiger partial charge in [0.05, 0.1) is 24.9 Å². The second-order valence-corrected chi connectivity index (χ2v) is 12.8. The Kier molecular flexibility index (Phi) is 11.6. The molecule has 0 spiro atoms. The van der Waals surface area contributed by atoms with Gasteiger partial charge >= 0.3 is 6.03 Å². The van der Waals surface area contributed by atoms with Crippen molar-refractivity contribution >= 4 is 17.4 Å². The summed E-state index contributed by atoms with van der Waals surface area (Å²) >= 11 is 0. The number of aliphatic hydroxyl groups is 2. The third-order valence-corrected chi connectivity index (χ3v) is 8.89. The largest absolute Gasteiger partial charge is 0.508 e. The first-order valence-electron chi connectivity index (χ1n) is 16.9. The fourth-order valence-electron chi connectivity index (χ4n) is 6.09. The summed E-state index contributed by atoms with van der Waals surface area (Å²) in [6.45, 7) is 2.89. The monoisotopic (exact) mass is 689 g/mol. The number of nitrogens with zero attached hydrogens (tertiary/aromatic N) is 1. The van der Waals surface area contributed by atoms with Crippen LogP contribution in [0.25, 0.3) is 0 Å². The number of hydrogen-bond donors (Lipinski definition) is 5. The number of likely N-dealkylation sites (N-methyl/N-ethyl adjacent to an activating group) is 1. The number of carbonyl (C=O) groups excluding carboxylic acids is 1. The Balaban J connectivity index is 1.11. The second-order valence-electron chi connectivity index (χ2n) is 12.8. The Morgan fingerprint density at radius 1 is 0.804 bits per heavy atom. The Labute approximate surface area is 297 Å². The van der Waals surface area contributed by atoms with E-state index in [1.807, 2.05) is 78.7 Å². The van der Waals surface area contributed by atoms with E-state index in [0.717, 1.165) is 22.4 Å². The third kappa shape index (κ3) is 9.52. The van der Waals surface area contributed by atoms with Crippen molar-refractivity contribution in [3.8, 4) is 17.2 Å². The van der Waals surface area contributed by atoms with Crippen molar-refractivity contribution in [2.45, 2.75) is 38.1 Å². The molecule has 0 aliphatic carbocycles. The SMILES string of the molecule is CC1C(CN(C)CC(O)c2cccc(O)c2)OC(c2ccc(NC(=O)Nc3ccc(Oc4ccccc4)cc3)cc2)OC1c1ccc(CO)cc1. The molecule has 5 unspecified atom stereocenters. The summed E-state index contributed by atoms with van der Waals surface area (Å²) in [4.78, 5) is 14.8. The first-order chi connectivity index (χ1) is 24.7. The Bertz CT molecular complexity index is 1850. The van der Waals surface area contributed by atoms with Gasteiger partial charge in [-0.05, 0) is 84.4 Å². The van der Waals surface area contributed by atoms with Crippen LogP contribution in [0.3, 0.4) is 0 Å². The van der Waals surface area contributed by atoms with E-state index in [1.54, 1.807) is 60.7 Å². The van der Waals surface area contributed by atoms with Crippen molar-refractivity contribution in [2.24, 2.45) is 5.92 Å². The van der Waals surface area contributed by atoms with E-state index in [0.29, 0.717) is 35.8 Å². The van der Waals surface area contributed by atoms with Crippen LogP contribution < -0.4 is 15.4 Å². The maximum atomic E-state index is 12.8. The van der Waals surface area contributed by atoms with Gasteiger partial charge in [-0.1, -0.05) is 73.7 Å². The van der Waals surface area contributed by atoms with Crippen LogP contribution in [-0.2, 0) is 16.1 Å². The smallest absolute Gasteiger partial charge is 0.323 e. The molecule has 5 aromatic carbocycles. The van der Waals surface area contributed by atoms with E-state index in [4.69, 9.17) is 14.2 Å². The molecule has 1 aliphatic rings. The van der Waals surface area contributed by atoms with Crippen molar-refractivity contribution in [2.75, 3.05) is 30.8 Å². The number of nitrogens with one attached hydrogen (secondary N) is 2. The molecule has 0 bridgehead atoms. The molecule has 0 saturated carbocycles. The van der Waals surface area contributed by atoms with Crippen molar-refractivity contribution in [1.82, 2.24) is 4.90 Å². The number of benzene rings is 5. The number of phenolic OH excluding ortho intramolecular Hbond substituents is 1. The molecule has 0 aromatic heterocycles. The lowest BCUT2D eigenvalue weighted by molar-refractivity contribution is -0.276. The molecular weight excluding hydrogens is 646 g/mol. The summed E-state index contributed by atoms with van der Waals surface area (Å²) in [5.41, 5.74) is 4.41. The van der Waals surface area contributed by atoms with Gasteiger partial charge in [0.1, 0.15) is 17.2 Å². The van der Waals surface area contributed by atoms with Gasteiger partial charge in [-0.15, -0.1) is 0 Å². The number of para-hydroxylation sites is 1. The van der Waals surface area contributed by atoms with Crippen LogP contribution in [0.1, 0.15) is 47.7 Å². The first-order valence-corrected chi connectivity index (χ1v) is 16.9. The number of urea groups is 1. The van der Waals surface area contributed by atoms with Gasteiger partial charge in [-0.25, -0.2) is 4.79 Å². The molecule has 51 heavy (non-hydrogen) atoms. The molecule has 1 aliphatic heterocycles. The van der Waals surface area contributed by atoms with Crippen LogP contribution in [0.15, 0.2) is 127 Å². The molecule has 6 rings (SSSR count). The fourth-order valence-corrected chi connectivity index (χ4v) is 6.09. The van der Waals surface area contributed by atoms with Gasteiger partial charge in [0.2, 0.25) is 0 Å². The van der Waals surface area contributed by atoms with Crippen LogP contribution in [0.5, 0.6) is 17.2 Å². The van der Waals surface area contributed by atoms with Crippen molar-refractivity contribution in [3.63, 3.8) is 0 Å². The van der Waals surface area contributed by atoms with Crippen molar-refractivity contribution in [1.29, 1.82) is 0 Å². The topological polar surface area (TPSA) is 133 Å². The molecule has 1 heterocycles. The minimum atomic E-state index is -0.792. The highest BCUT2D eigenvalue weighted by Crippen LogP contribution is 2.42. The second kappa shape index (κ2) is 16.7. The zero-order valence-electron chi connectivity index (χ0n) is 28.6. The number of ether oxygens (including phenoxy) is 3. The van der Waals surface area contributed by atoms with Crippen LogP contribution in [0.2, 0.25) is 0 Å². The predicted octanol–water partition coefficient (Wildman–Crippen LogP) is 7.78. The van der Waals surface area contributed by atoms with Crippen LogP contribution >= 0.6 is 0 Å². The van der Waals surface area contributed by atoms with Gasteiger partial charge in [0.25, 0.3) is 0 Å². The Morgan fingerprint density at radius 2 is 1.43 bits per heavy atom. The number of amides is 2. The standard InChI is InChI=1S/C41H43N3O7/c1-27-38(25-44(2)24-37(47)31-7-6-8-34(46)23-31)50-40(51-39(27)29-13-11-28(26-45)12-14-29)30-15-17-32(18-16-30)42-41(48)43-33-19-21-36(22-20-33)49-35-9-4-3-5-10-35/h3-23,27,37-40,45-47H,24-26H2,1-2H3,(H2,42,43,48). The van der Waals surface area contributed by atoms with Gasteiger partial charge in [0, 0.05) is 35.9 Å². The van der Waals surface area contributed by atoms with Gasteiger partial charge in [-0.3, -0.25) is 0 Å². The van der Waals surface area contributed by atoms with Gasteiger partial charge < -0.3 is 45.1 Å². The van der Waals surface area contributed by atoms with E-state index in [-0.39, 0.29) is 36.5 Å². The number of aromatic hydroxyl groups is 1. The van der Waals surface area contributed by atoms with Crippen molar-refractivity contribution < 1.29 is 34.3 Å². The molecule has 1 fully saturated rings. The minimum absolute atomic E-state index is 0.0452. The zero-order chi connectivity index (χ0) is 35.7. The lowest BCUT2D eigenvalue weighted by Gasteiger charge is -2.42. The summed E-state index contributed by atoms with van der Waals surface area (Å²) in [5, 5.41) is 36.0. The summed E-state index contributed by atoms with van der Waals surface area (Å²) < 4.78 is 19.0. The highest BCUT2D eigenvalue weighted by atomic mass is 16.7. The Hall–Kier alpha value is -5.23. The molecule has 0 radical (unpaired) electrons. The lowest BCUT2D eigenvalue weighted by Crippen LogP contribution is -2.44. The molecule has 1 saturated heterocycles. The summed E-state index contributed by atoms with van der Waals surface area (Å²) in [5.74, 6) is 1.45. The minimum Gasteiger partial charge on any atom is -0.508 e. The maximum absolute atomic E-state index is 12.8. The highest BCUT2D eigenvalue weighted by molar-refractivity contribution is 5.99.